The van der Waals surface area contributed by atoms with Crippen molar-refractivity contribution in [3.63, 3.8) is 0 Å². The van der Waals surface area contributed by atoms with Gasteiger partial charge in [-0.2, -0.15) is 5.10 Å². The molecule has 1 aliphatic heterocycles. The van der Waals surface area contributed by atoms with Gasteiger partial charge in [-0.25, -0.2) is 9.50 Å². The summed E-state index contributed by atoms with van der Waals surface area (Å²) in [6.45, 7) is 2.21. The largest absolute Gasteiger partial charge is 0.317 e. The number of fused-ring (bicyclic) bond motifs is 1. The summed E-state index contributed by atoms with van der Waals surface area (Å²) in [4.78, 5) is 4.40. The van der Waals surface area contributed by atoms with Crippen LogP contribution in [0.3, 0.4) is 0 Å². The van der Waals surface area contributed by atoms with Crippen molar-refractivity contribution in [3.8, 4) is 0 Å². The molecule has 3 rings (SSSR count). The maximum atomic E-state index is 4.40. The molecule has 0 saturated carbocycles. The predicted octanol–water partition coefficient (Wildman–Crippen LogP) is 1.20. The minimum absolute atomic E-state index is 0.624. The molecule has 0 aliphatic carbocycles. The van der Waals surface area contributed by atoms with E-state index in [0.29, 0.717) is 5.92 Å². The molecular weight excluding hydrogens is 188 g/mol. The highest BCUT2D eigenvalue weighted by Gasteiger charge is 2.19. The van der Waals surface area contributed by atoms with Crippen LogP contribution in [0.2, 0.25) is 0 Å². The van der Waals surface area contributed by atoms with E-state index in [4.69, 9.17) is 0 Å². The lowest BCUT2D eigenvalue weighted by Gasteiger charge is -2.21. The van der Waals surface area contributed by atoms with Gasteiger partial charge in [-0.15, -0.1) is 0 Å². The Morgan fingerprint density at radius 2 is 2.20 bits per heavy atom. The molecular formula is C11H14N4. The second-order valence-electron chi connectivity index (χ2n) is 4.01. The summed E-state index contributed by atoms with van der Waals surface area (Å²) in [6.07, 6.45) is 8.14. The van der Waals surface area contributed by atoms with Crippen molar-refractivity contribution in [1.82, 2.24) is 19.9 Å². The third-order valence-corrected chi connectivity index (χ3v) is 3.09. The van der Waals surface area contributed by atoms with Crippen LogP contribution < -0.4 is 5.32 Å². The fourth-order valence-electron chi connectivity index (χ4n) is 2.27. The Labute approximate surface area is 88.3 Å². The number of aromatic nitrogens is 3. The molecule has 2 aromatic heterocycles. The zero-order valence-corrected chi connectivity index (χ0v) is 8.56. The van der Waals surface area contributed by atoms with Crippen molar-refractivity contribution in [2.45, 2.75) is 18.8 Å². The Morgan fingerprint density at radius 3 is 3.07 bits per heavy atom. The van der Waals surface area contributed by atoms with Crippen LogP contribution in [0.1, 0.15) is 24.3 Å². The van der Waals surface area contributed by atoms with Gasteiger partial charge in [0.25, 0.3) is 0 Å². The standard InChI is InChI=1S/C11H14N4/c1-4-13-11-10(8-14-15(11)7-1)9-2-5-12-6-3-9/h1,4,7-9,12H,2-3,5-6H2. The van der Waals surface area contributed by atoms with Crippen molar-refractivity contribution in [2.24, 2.45) is 0 Å². The predicted molar refractivity (Wildman–Crippen MR) is 57.8 cm³/mol. The fourth-order valence-corrected chi connectivity index (χ4v) is 2.27. The van der Waals surface area contributed by atoms with Gasteiger partial charge in [0.05, 0.1) is 6.20 Å². The van der Waals surface area contributed by atoms with Crippen molar-refractivity contribution >= 4 is 5.65 Å². The highest BCUT2D eigenvalue weighted by atomic mass is 15.2. The molecule has 4 nitrogen and oxygen atoms in total. The molecule has 78 valence electrons. The summed E-state index contributed by atoms with van der Waals surface area (Å²) >= 11 is 0. The lowest BCUT2D eigenvalue weighted by Crippen LogP contribution is -2.26. The summed E-state index contributed by atoms with van der Waals surface area (Å²) < 4.78 is 1.86. The van der Waals surface area contributed by atoms with Crippen molar-refractivity contribution in [2.75, 3.05) is 13.1 Å². The molecule has 1 saturated heterocycles. The van der Waals surface area contributed by atoms with Crippen LogP contribution in [0, 0.1) is 0 Å². The Bertz CT molecular complexity index is 456. The fraction of sp³-hybridized carbons (Fsp3) is 0.455. The van der Waals surface area contributed by atoms with E-state index in [9.17, 15) is 0 Å². The van der Waals surface area contributed by atoms with E-state index >= 15 is 0 Å². The molecule has 1 fully saturated rings. The number of hydrogen-bond donors (Lipinski definition) is 1. The monoisotopic (exact) mass is 202 g/mol. The van der Waals surface area contributed by atoms with E-state index in [2.05, 4.69) is 15.4 Å². The number of piperidine rings is 1. The van der Waals surface area contributed by atoms with Gasteiger partial charge in [0.2, 0.25) is 0 Å². The molecule has 0 unspecified atom stereocenters. The first-order chi connectivity index (χ1) is 7.45. The molecule has 15 heavy (non-hydrogen) atoms. The van der Waals surface area contributed by atoms with Gasteiger partial charge in [-0.05, 0) is 37.9 Å². The van der Waals surface area contributed by atoms with Crippen LogP contribution in [-0.4, -0.2) is 27.7 Å². The molecule has 1 N–H and O–H groups in total. The topological polar surface area (TPSA) is 42.2 Å². The minimum atomic E-state index is 0.624. The van der Waals surface area contributed by atoms with Gasteiger partial charge in [0, 0.05) is 18.0 Å². The Hall–Kier alpha value is -1.42. The zero-order chi connectivity index (χ0) is 10.1. The summed E-state index contributed by atoms with van der Waals surface area (Å²) in [7, 11) is 0. The van der Waals surface area contributed by atoms with Crippen LogP contribution in [0.25, 0.3) is 5.65 Å². The van der Waals surface area contributed by atoms with E-state index in [-0.39, 0.29) is 0 Å². The maximum absolute atomic E-state index is 4.40. The molecule has 0 spiro atoms. The molecule has 0 amide bonds. The van der Waals surface area contributed by atoms with E-state index in [1.807, 2.05) is 29.2 Å². The first-order valence-electron chi connectivity index (χ1n) is 5.44. The van der Waals surface area contributed by atoms with Crippen LogP contribution in [0.4, 0.5) is 0 Å². The molecule has 2 aromatic rings. The van der Waals surface area contributed by atoms with Crippen molar-refractivity contribution < 1.29 is 0 Å². The SMILES string of the molecule is c1cnc2c(C3CCNCC3)cnn2c1. The first kappa shape index (κ1) is 8.85. The Morgan fingerprint density at radius 1 is 1.33 bits per heavy atom. The lowest BCUT2D eigenvalue weighted by atomic mass is 9.92. The Kier molecular flexibility index (Phi) is 2.14. The molecule has 0 radical (unpaired) electrons. The van der Waals surface area contributed by atoms with E-state index in [1.54, 1.807) is 0 Å². The third-order valence-electron chi connectivity index (χ3n) is 3.09. The highest BCUT2D eigenvalue weighted by molar-refractivity contribution is 5.47. The molecule has 0 bridgehead atoms. The second kappa shape index (κ2) is 3.62. The van der Waals surface area contributed by atoms with Gasteiger partial charge in [-0.1, -0.05) is 0 Å². The van der Waals surface area contributed by atoms with Crippen LogP contribution in [0.15, 0.2) is 24.7 Å². The van der Waals surface area contributed by atoms with Crippen molar-refractivity contribution in [3.05, 3.63) is 30.2 Å². The van der Waals surface area contributed by atoms with Crippen LogP contribution in [-0.2, 0) is 0 Å². The van der Waals surface area contributed by atoms with Gasteiger partial charge in [-0.3, -0.25) is 0 Å². The van der Waals surface area contributed by atoms with Gasteiger partial charge in [0.1, 0.15) is 0 Å². The van der Waals surface area contributed by atoms with E-state index in [0.717, 1.165) is 18.7 Å². The average Bonchev–Trinajstić information content (AvgIpc) is 2.74. The van der Waals surface area contributed by atoms with E-state index < -0.39 is 0 Å². The molecule has 0 atom stereocenters. The first-order valence-corrected chi connectivity index (χ1v) is 5.44. The summed E-state index contributed by atoms with van der Waals surface area (Å²) in [6, 6.07) is 1.91. The number of nitrogens with zero attached hydrogens (tertiary/aromatic N) is 3. The van der Waals surface area contributed by atoms with Crippen molar-refractivity contribution in [1.29, 1.82) is 0 Å². The highest BCUT2D eigenvalue weighted by Crippen LogP contribution is 2.27. The molecule has 3 heterocycles. The lowest BCUT2D eigenvalue weighted by molar-refractivity contribution is 0.462. The van der Waals surface area contributed by atoms with E-state index in [1.165, 1.54) is 18.4 Å². The maximum Gasteiger partial charge on any atom is 0.158 e. The average molecular weight is 202 g/mol. The third kappa shape index (κ3) is 1.51. The smallest absolute Gasteiger partial charge is 0.158 e. The molecule has 4 heteroatoms. The number of hydrogen-bond acceptors (Lipinski definition) is 3. The van der Waals surface area contributed by atoms with Crippen LogP contribution >= 0.6 is 0 Å². The number of nitrogens with one attached hydrogen (secondary N) is 1. The quantitative estimate of drug-likeness (QED) is 0.755. The van der Waals surface area contributed by atoms with Crippen LogP contribution in [0.5, 0.6) is 0 Å². The zero-order valence-electron chi connectivity index (χ0n) is 8.56. The summed E-state index contributed by atoms with van der Waals surface area (Å²) in [5, 5.41) is 7.70. The summed E-state index contributed by atoms with van der Waals surface area (Å²) in [5.41, 5.74) is 2.32. The van der Waals surface area contributed by atoms with Gasteiger partial charge < -0.3 is 5.32 Å². The molecule has 0 aromatic carbocycles. The summed E-state index contributed by atoms with van der Waals surface area (Å²) in [5.74, 6) is 0.624. The minimum Gasteiger partial charge on any atom is -0.317 e. The Balaban J connectivity index is 2.02. The normalized spacial score (nSPS) is 18.4. The second-order valence-corrected chi connectivity index (χ2v) is 4.01. The van der Waals surface area contributed by atoms with Gasteiger partial charge in [0.15, 0.2) is 5.65 Å². The molecule has 1 aliphatic rings. The van der Waals surface area contributed by atoms with Gasteiger partial charge >= 0.3 is 0 Å². The number of rotatable bonds is 1.